The number of aromatic nitrogens is 1. The molecule has 1 aromatic heterocycles. The highest BCUT2D eigenvalue weighted by atomic mass is 35.5. The Labute approximate surface area is 198 Å². The molecule has 0 radical (unpaired) electrons. The molecule has 1 saturated heterocycles. The zero-order valence-corrected chi connectivity index (χ0v) is 18.8. The summed E-state index contributed by atoms with van der Waals surface area (Å²) in [5.74, 6) is -2.03. The van der Waals surface area contributed by atoms with Crippen molar-refractivity contribution in [2.24, 2.45) is 0 Å². The molecule has 32 heavy (non-hydrogen) atoms. The first-order chi connectivity index (χ1) is 15.3. The average Bonchev–Trinajstić information content (AvgIpc) is 3.04. The molecular formula is C23H15Cl3N2O4. The van der Waals surface area contributed by atoms with Crippen molar-refractivity contribution in [3.8, 4) is 5.75 Å². The number of aliphatic hydroxyl groups excluding tert-OH is 1. The van der Waals surface area contributed by atoms with Gasteiger partial charge in [0, 0.05) is 28.1 Å². The molecular weight excluding hydrogens is 475 g/mol. The van der Waals surface area contributed by atoms with Gasteiger partial charge in [0.25, 0.3) is 11.7 Å². The molecule has 0 aliphatic carbocycles. The van der Waals surface area contributed by atoms with E-state index in [-0.39, 0.29) is 26.9 Å². The molecule has 9 heteroatoms. The van der Waals surface area contributed by atoms with Crippen molar-refractivity contribution in [3.05, 3.63) is 92.7 Å². The predicted octanol–water partition coefficient (Wildman–Crippen LogP) is 5.68. The van der Waals surface area contributed by atoms with Gasteiger partial charge in [0.05, 0.1) is 29.3 Å². The zero-order chi connectivity index (χ0) is 23.0. The van der Waals surface area contributed by atoms with Crippen LogP contribution in [0.2, 0.25) is 15.1 Å². The Kier molecular flexibility index (Phi) is 6.11. The number of anilines is 1. The van der Waals surface area contributed by atoms with Gasteiger partial charge in [-0.25, -0.2) is 0 Å². The molecule has 0 spiro atoms. The Hall–Kier alpha value is -3.06. The molecule has 4 rings (SSSR count). The van der Waals surface area contributed by atoms with Crippen LogP contribution in [0.4, 0.5) is 5.69 Å². The lowest BCUT2D eigenvalue weighted by molar-refractivity contribution is -0.132. The van der Waals surface area contributed by atoms with Gasteiger partial charge in [-0.3, -0.25) is 19.5 Å². The van der Waals surface area contributed by atoms with Crippen LogP contribution < -0.4 is 9.64 Å². The van der Waals surface area contributed by atoms with Gasteiger partial charge in [0.15, 0.2) is 0 Å². The van der Waals surface area contributed by atoms with Gasteiger partial charge in [0.1, 0.15) is 11.5 Å². The lowest BCUT2D eigenvalue weighted by Crippen LogP contribution is -2.29. The molecule has 1 fully saturated rings. The summed E-state index contributed by atoms with van der Waals surface area (Å²) in [6, 6.07) is 11.8. The first-order valence-corrected chi connectivity index (χ1v) is 10.5. The fourth-order valence-corrected chi connectivity index (χ4v) is 4.43. The minimum atomic E-state index is -0.945. The Bertz CT molecular complexity index is 1260. The van der Waals surface area contributed by atoms with Crippen LogP contribution >= 0.6 is 34.8 Å². The molecule has 2 aromatic carbocycles. The molecule has 162 valence electrons. The van der Waals surface area contributed by atoms with Gasteiger partial charge in [-0.1, -0.05) is 40.9 Å². The summed E-state index contributed by atoms with van der Waals surface area (Å²) < 4.78 is 5.32. The number of benzene rings is 2. The second-order valence-corrected chi connectivity index (χ2v) is 8.18. The molecule has 0 bridgehead atoms. The Morgan fingerprint density at radius 1 is 1.03 bits per heavy atom. The van der Waals surface area contributed by atoms with Gasteiger partial charge in [-0.05, 0) is 48.0 Å². The van der Waals surface area contributed by atoms with Crippen molar-refractivity contribution in [1.82, 2.24) is 4.98 Å². The third kappa shape index (κ3) is 3.81. The number of methoxy groups -OCH3 is 1. The van der Waals surface area contributed by atoms with E-state index in [2.05, 4.69) is 4.98 Å². The maximum atomic E-state index is 13.2. The van der Waals surface area contributed by atoms with E-state index in [4.69, 9.17) is 39.5 Å². The van der Waals surface area contributed by atoms with Gasteiger partial charge in [0.2, 0.25) is 0 Å². The first-order valence-electron chi connectivity index (χ1n) is 9.33. The number of pyridine rings is 1. The Balaban J connectivity index is 2.01. The first kappa shape index (κ1) is 22.1. The largest absolute Gasteiger partial charge is 0.507 e. The standard InChI is InChI=1S/C23H15Cl3N2O4/c1-32-22-16(10-14(25)11-17(22)26)20(29)18-19(12-5-7-27-8-6-12)28(23(31)21(18)30)15-4-2-3-13(24)9-15/h2-11,19,29H,1H3/b20-18+. The number of hydrogen-bond acceptors (Lipinski definition) is 5. The minimum Gasteiger partial charge on any atom is -0.507 e. The fourth-order valence-electron chi connectivity index (χ4n) is 3.67. The average molecular weight is 490 g/mol. The van der Waals surface area contributed by atoms with Crippen LogP contribution in [0.1, 0.15) is 17.2 Å². The number of rotatable bonds is 4. The molecule has 1 atom stereocenters. The van der Waals surface area contributed by atoms with Gasteiger partial charge < -0.3 is 9.84 Å². The number of carbonyl (C=O) groups is 2. The summed E-state index contributed by atoms with van der Waals surface area (Å²) >= 11 is 18.5. The van der Waals surface area contributed by atoms with Crippen LogP contribution in [0.5, 0.6) is 5.75 Å². The number of nitrogens with zero attached hydrogens (tertiary/aromatic N) is 2. The lowest BCUT2D eigenvalue weighted by atomic mass is 9.95. The van der Waals surface area contributed by atoms with E-state index in [0.29, 0.717) is 16.3 Å². The predicted molar refractivity (Wildman–Crippen MR) is 123 cm³/mol. The van der Waals surface area contributed by atoms with Crippen molar-refractivity contribution in [3.63, 3.8) is 0 Å². The van der Waals surface area contributed by atoms with Crippen LogP contribution in [0.25, 0.3) is 5.76 Å². The smallest absolute Gasteiger partial charge is 0.300 e. The van der Waals surface area contributed by atoms with E-state index >= 15 is 0 Å². The number of aliphatic hydroxyl groups is 1. The van der Waals surface area contributed by atoms with Crippen molar-refractivity contribution in [1.29, 1.82) is 0 Å². The molecule has 1 N–H and O–H groups in total. The van der Waals surface area contributed by atoms with Gasteiger partial charge >= 0.3 is 0 Å². The molecule has 1 aliphatic heterocycles. The summed E-state index contributed by atoms with van der Waals surface area (Å²) in [6.45, 7) is 0. The highest BCUT2D eigenvalue weighted by Crippen LogP contribution is 2.45. The highest BCUT2D eigenvalue weighted by molar-refractivity contribution is 6.52. The van der Waals surface area contributed by atoms with Crippen LogP contribution in [0.15, 0.2) is 66.5 Å². The summed E-state index contributed by atoms with van der Waals surface area (Å²) in [5, 5.41) is 12.0. The van der Waals surface area contributed by atoms with E-state index < -0.39 is 23.5 Å². The zero-order valence-electron chi connectivity index (χ0n) is 16.6. The van der Waals surface area contributed by atoms with E-state index in [1.807, 2.05) is 0 Å². The quantitative estimate of drug-likeness (QED) is 0.290. The second kappa shape index (κ2) is 8.82. The number of ether oxygens (including phenoxy) is 1. The van der Waals surface area contributed by atoms with Crippen LogP contribution in [-0.4, -0.2) is 28.9 Å². The van der Waals surface area contributed by atoms with E-state index in [0.717, 1.165) is 0 Å². The number of ketones is 1. The van der Waals surface area contributed by atoms with Crippen LogP contribution in [-0.2, 0) is 9.59 Å². The molecule has 1 amide bonds. The molecule has 3 aromatic rings. The van der Waals surface area contributed by atoms with Crippen LogP contribution in [0, 0.1) is 0 Å². The molecule has 6 nitrogen and oxygen atoms in total. The third-order valence-corrected chi connectivity index (χ3v) is 5.75. The monoisotopic (exact) mass is 488 g/mol. The van der Waals surface area contributed by atoms with Gasteiger partial charge in [-0.2, -0.15) is 0 Å². The van der Waals surface area contributed by atoms with Crippen LogP contribution in [0.3, 0.4) is 0 Å². The topological polar surface area (TPSA) is 79.7 Å². The third-order valence-electron chi connectivity index (χ3n) is 5.02. The number of hydrogen-bond donors (Lipinski definition) is 1. The van der Waals surface area contributed by atoms with Crippen molar-refractivity contribution < 1.29 is 19.4 Å². The SMILES string of the molecule is COc1c(Cl)cc(Cl)cc1/C(O)=C1\C(=O)C(=O)N(c2cccc(Cl)c2)C1c1ccncc1. The number of amides is 1. The van der Waals surface area contributed by atoms with Crippen molar-refractivity contribution in [2.75, 3.05) is 12.0 Å². The molecule has 1 aliphatic rings. The van der Waals surface area contributed by atoms with E-state index in [1.165, 1.54) is 36.5 Å². The van der Waals surface area contributed by atoms with Gasteiger partial charge in [-0.15, -0.1) is 0 Å². The van der Waals surface area contributed by atoms with E-state index in [9.17, 15) is 14.7 Å². The lowest BCUT2D eigenvalue weighted by Gasteiger charge is -2.25. The Morgan fingerprint density at radius 3 is 2.41 bits per heavy atom. The summed E-state index contributed by atoms with van der Waals surface area (Å²) in [5.41, 5.74) is 0.912. The minimum absolute atomic E-state index is 0.0909. The number of Topliss-reactive ketones (excluding diaryl/α,β-unsaturated/α-hetero) is 1. The second-order valence-electron chi connectivity index (χ2n) is 6.90. The maximum absolute atomic E-state index is 13.2. The molecule has 1 unspecified atom stereocenters. The molecule has 0 saturated carbocycles. The van der Waals surface area contributed by atoms with Crippen molar-refractivity contribution >= 4 is 57.9 Å². The summed E-state index contributed by atoms with van der Waals surface area (Å²) in [7, 11) is 1.37. The van der Waals surface area contributed by atoms with Crippen molar-refractivity contribution in [2.45, 2.75) is 6.04 Å². The van der Waals surface area contributed by atoms with E-state index in [1.54, 1.807) is 36.4 Å². The number of carbonyl (C=O) groups excluding carboxylic acids is 2. The number of halogens is 3. The normalized spacial score (nSPS) is 17.6. The molecule has 2 heterocycles. The Morgan fingerprint density at radius 2 is 1.75 bits per heavy atom. The summed E-state index contributed by atoms with van der Waals surface area (Å²) in [4.78, 5) is 31.6. The highest BCUT2D eigenvalue weighted by Gasteiger charge is 2.47. The maximum Gasteiger partial charge on any atom is 0.300 e. The fraction of sp³-hybridized carbons (Fsp3) is 0.0870. The summed E-state index contributed by atoms with van der Waals surface area (Å²) in [6.07, 6.45) is 3.06.